The van der Waals surface area contributed by atoms with Gasteiger partial charge in [0, 0.05) is 15.7 Å². The number of aromatic nitrogens is 1. The van der Waals surface area contributed by atoms with Gasteiger partial charge in [0.1, 0.15) is 12.4 Å². The number of hydrogen-bond donors (Lipinski definition) is 0. The summed E-state index contributed by atoms with van der Waals surface area (Å²) in [7, 11) is 0. The van der Waals surface area contributed by atoms with Gasteiger partial charge in [0.25, 0.3) is 0 Å². The predicted octanol–water partition coefficient (Wildman–Crippen LogP) is 4.73. The Hall–Kier alpha value is -0.770. The molecule has 5 heteroatoms. The maximum absolute atomic E-state index is 5.98. The lowest BCUT2D eigenvalue weighted by atomic mass is 10.3. The van der Waals surface area contributed by atoms with Gasteiger partial charge in [0.15, 0.2) is 0 Å². The van der Waals surface area contributed by atoms with E-state index in [4.69, 9.17) is 27.9 Å². The van der Waals surface area contributed by atoms with Crippen molar-refractivity contribution in [3.63, 3.8) is 0 Å². The van der Waals surface area contributed by atoms with Gasteiger partial charge in [-0.05, 0) is 46.3 Å². The van der Waals surface area contributed by atoms with Gasteiger partial charge in [0.2, 0.25) is 0 Å². The van der Waals surface area contributed by atoms with Crippen molar-refractivity contribution in [2.24, 2.45) is 0 Å². The molecule has 2 aromatic rings. The summed E-state index contributed by atoms with van der Waals surface area (Å²) in [5, 5.41) is 1.08. The number of halogens is 3. The number of pyridine rings is 1. The van der Waals surface area contributed by atoms with Gasteiger partial charge in [-0.15, -0.1) is 0 Å². The molecule has 1 aromatic heterocycles. The Morgan fingerprint density at radius 2 is 2.00 bits per heavy atom. The van der Waals surface area contributed by atoms with Crippen LogP contribution in [-0.2, 0) is 6.61 Å². The van der Waals surface area contributed by atoms with Gasteiger partial charge in [-0.25, -0.2) is 0 Å². The Labute approximate surface area is 118 Å². The van der Waals surface area contributed by atoms with Crippen LogP contribution in [0.4, 0.5) is 0 Å². The Bertz CT molecular complexity index is 516. The summed E-state index contributed by atoms with van der Waals surface area (Å²) in [4.78, 5) is 4.20. The molecule has 2 rings (SSSR count). The van der Waals surface area contributed by atoms with Crippen molar-refractivity contribution in [3.05, 3.63) is 56.7 Å². The fraction of sp³-hybridized carbons (Fsp3) is 0.0833. The molecule has 17 heavy (non-hydrogen) atoms. The molecule has 88 valence electrons. The van der Waals surface area contributed by atoms with Crippen LogP contribution in [0.5, 0.6) is 5.75 Å². The normalized spacial score (nSPS) is 10.3. The minimum absolute atomic E-state index is 0.370. The van der Waals surface area contributed by atoms with Crippen LogP contribution in [-0.4, -0.2) is 4.98 Å². The Morgan fingerprint density at radius 1 is 1.18 bits per heavy atom. The van der Waals surface area contributed by atoms with E-state index in [-0.39, 0.29) is 0 Å². The molecule has 0 aliphatic rings. The Morgan fingerprint density at radius 3 is 2.65 bits per heavy atom. The molecule has 0 radical (unpaired) electrons. The average Bonchev–Trinajstić information content (AvgIpc) is 2.30. The third kappa shape index (κ3) is 3.60. The third-order valence-corrected chi connectivity index (χ3v) is 3.06. The van der Waals surface area contributed by atoms with Crippen LogP contribution < -0.4 is 4.74 Å². The molecule has 0 spiro atoms. The highest BCUT2D eigenvalue weighted by Crippen LogP contribution is 2.28. The van der Waals surface area contributed by atoms with E-state index in [0.29, 0.717) is 22.4 Å². The molecule has 0 fully saturated rings. The molecule has 0 bridgehead atoms. The van der Waals surface area contributed by atoms with E-state index in [2.05, 4.69) is 20.9 Å². The van der Waals surface area contributed by atoms with Crippen LogP contribution in [0.3, 0.4) is 0 Å². The quantitative estimate of drug-likeness (QED) is 0.810. The second-order valence-corrected chi connectivity index (χ2v) is 5.09. The summed E-state index contributed by atoms with van der Waals surface area (Å²) in [5.41, 5.74) is 0.833. The molecule has 2 nitrogen and oxygen atoms in total. The number of benzene rings is 1. The van der Waals surface area contributed by atoms with Crippen molar-refractivity contribution in [1.82, 2.24) is 4.98 Å². The number of rotatable bonds is 3. The van der Waals surface area contributed by atoms with E-state index in [1.807, 2.05) is 12.1 Å². The van der Waals surface area contributed by atoms with Gasteiger partial charge < -0.3 is 4.74 Å². The van der Waals surface area contributed by atoms with Gasteiger partial charge in [0.05, 0.1) is 10.7 Å². The minimum Gasteiger partial charge on any atom is -0.486 e. The minimum atomic E-state index is 0.370. The van der Waals surface area contributed by atoms with Gasteiger partial charge in [-0.1, -0.05) is 23.2 Å². The number of nitrogens with zero attached hydrogens (tertiary/aromatic N) is 1. The van der Waals surface area contributed by atoms with Crippen LogP contribution >= 0.6 is 39.1 Å². The lowest BCUT2D eigenvalue weighted by Gasteiger charge is -2.07. The molecule has 0 saturated heterocycles. The Balaban J connectivity index is 2.04. The van der Waals surface area contributed by atoms with Crippen LogP contribution in [0.1, 0.15) is 5.69 Å². The first-order chi connectivity index (χ1) is 8.15. The summed E-state index contributed by atoms with van der Waals surface area (Å²) in [6, 6.07) is 8.91. The van der Waals surface area contributed by atoms with Crippen LogP contribution in [0.2, 0.25) is 10.0 Å². The average molecular weight is 333 g/mol. The highest BCUT2D eigenvalue weighted by molar-refractivity contribution is 9.10. The van der Waals surface area contributed by atoms with Crippen LogP contribution in [0.25, 0.3) is 0 Å². The zero-order valence-electron chi connectivity index (χ0n) is 8.66. The fourth-order valence-corrected chi connectivity index (χ4v) is 1.93. The highest BCUT2D eigenvalue weighted by atomic mass is 79.9. The summed E-state index contributed by atoms with van der Waals surface area (Å²) < 4.78 is 6.49. The van der Waals surface area contributed by atoms with E-state index in [1.54, 1.807) is 24.4 Å². The summed E-state index contributed by atoms with van der Waals surface area (Å²) >= 11 is 15.1. The van der Waals surface area contributed by atoms with Crippen molar-refractivity contribution in [1.29, 1.82) is 0 Å². The van der Waals surface area contributed by atoms with Crippen molar-refractivity contribution in [3.8, 4) is 5.75 Å². The number of hydrogen-bond acceptors (Lipinski definition) is 2. The van der Waals surface area contributed by atoms with Crippen molar-refractivity contribution >= 4 is 39.1 Å². The van der Waals surface area contributed by atoms with Crippen molar-refractivity contribution in [2.75, 3.05) is 0 Å². The standard InChI is InChI=1S/C12H8BrCl2NO/c13-8-1-3-10(16-6-8)7-17-12-4-2-9(14)5-11(12)15/h1-6H,7H2. The summed E-state index contributed by atoms with van der Waals surface area (Å²) in [5.74, 6) is 0.598. The summed E-state index contributed by atoms with van der Waals surface area (Å²) in [6.07, 6.45) is 1.72. The molecule has 0 N–H and O–H groups in total. The second-order valence-electron chi connectivity index (χ2n) is 3.33. The van der Waals surface area contributed by atoms with E-state index < -0.39 is 0 Å². The molecule has 0 saturated carbocycles. The lowest BCUT2D eigenvalue weighted by molar-refractivity contribution is 0.301. The first-order valence-corrected chi connectivity index (χ1v) is 6.38. The van der Waals surface area contributed by atoms with Crippen molar-refractivity contribution in [2.45, 2.75) is 6.61 Å². The van der Waals surface area contributed by atoms with Crippen LogP contribution in [0.15, 0.2) is 41.0 Å². The molecule has 1 heterocycles. The predicted molar refractivity (Wildman–Crippen MR) is 72.7 cm³/mol. The molecule has 0 atom stereocenters. The van der Waals surface area contributed by atoms with Crippen LogP contribution in [0, 0.1) is 0 Å². The zero-order valence-corrected chi connectivity index (χ0v) is 11.8. The van der Waals surface area contributed by atoms with Gasteiger partial charge >= 0.3 is 0 Å². The molecule has 0 aliphatic carbocycles. The van der Waals surface area contributed by atoms with Crippen molar-refractivity contribution < 1.29 is 4.74 Å². The first-order valence-electron chi connectivity index (χ1n) is 4.83. The van der Waals surface area contributed by atoms with E-state index in [9.17, 15) is 0 Å². The van der Waals surface area contributed by atoms with Gasteiger partial charge in [-0.3, -0.25) is 4.98 Å². The first kappa shape index (κ1) is 12.7. The molecule has 1 aromatic carbocycles. The zero-order chi connectivity index (χ0) is 12.3. The molecule has 0 amide bonds. The highest BCUT2D eigenvalue weighted by Gasteiger charge is 2.03. The lowest BCUT2D eigenvalue weighted by Crippen LogP contribution is -1.98. The monoisotopic (exact) mass is 331 g/mol. The Kier molecular flexibility index (Phi) is 4.26. The maximum atomic E-state index is 5.98. The largest absolute Gasteiger partial charge is 0.486 e. The van der Waals surface area contributed by atoms with E-state index >= 15 is 0 Å². The fourth-order valence-electron chi connectivity index (χ4n) is 1.24. The topological polar surface area (TPSA) is 22.1 Å². The molecule has 0 unspecified atom stereocenters. The van der Waals surface area contributed by atoms with E-state index in [0.717, 1.165) is 10.2 Å². The maximum Gasteiger partial charge on any atom is 0.138 e. The third-order valence-electron chi connectivity index (χ3n) is 2.06. The number of ether oxygens (including phenoxy) is 1. The van der Waals surface area contributed by atoms with E-state index in [1.165, 1.54) is 0 Å². The second kappa shape index (κ2) is 5.71. The SMILES string of the molecule is Clc1ccc(OCc2ccc(Br)cn2)c(Cl)c1. The molecular weight excluding hydrogens is 325 g/mol. The van der Waals surface area contributed by atoms with Gasteiger partial charge in [-0.2, -0.15) is 0 Å². The summed E-state index contributed by atoms with van der Waals surface area (Å²) in [6.45, 7) is 0.370. The molecule has 0 aliphatic heterocycles. The smallest absolute Gasteiger partial charge is 0.138 e. The molecular formula is C12H8BrCl2NO.